The molecule has 1 heterocycles. The van der Waals surface area contributed by atoms with E-state index in [4.69, 9.17) is 0 Å². The van der Waals surface area contributed by atoms with Crippen LogP contribution in [0.1, 0.15) is 43.2 Å². The van der Waals surface area contributed by atoms with Crippen molar-refractivity contribution in [2.24, 2.45) is 5.41 Å². The molecule has 1 spiro atoms. The van der Waals surface area contributed by atoms with Gasteiger partial charge in [-0.3, -0.25) is 9.69 Å². The fourth-order valence-electron chi connectivity index (χ4n) is 5.20. The van der Waals surface area contributed by atoms with Gasteiger partial charge in [0.2, 0.25) is 5.91 Å². The fourth-order valence-corrected chi connectivity index (χ4v) is 5.20. The van der Waals surface area contributed by atoms with Gasteiger partial charge in [-0.2, -0.15) is 0 Å². The van der Waals surface area contributed by atoms with E-state index in [1.54, 1.807) is 0 Å². The molecule has 27 heavy (non-hydrogen) atoms. The third-order valence-electron chi connectivity index (χ3n) is 6.93. The zero-order valence-corrected chi connectivity index (χ0v) is 16.5. The predicted octanol–water partition coefficient (Wildman–Crippen LogP) is 4.44. The van der Waals surface area contributed by atoms with E-state index in [0.29, 0.717) is 5.91 Å². The predicted molar refractivity (Wildman–Crippen MR) is 109 cm³/mol. The normalized spacial score (nSPS) is 28.3. The highest BCUT2D eigenvalue weighted by atomic mass is 16.2. The number of hydrogen-bond donors (Lipinski definition) is 0. The van der Waals surface area contributed by atoms with E-state index in [2.05, 4.69) is 78.5 Å². The summed E-state index contributed by atoms with van der Waals surface area (Å²) < 4.78 is 0. The molecule has 1 saturated heterocycles. The molecule has 0 bridgehead atoms. The van der Waals surface area contributed by atoms with Gasteiger partial charge >= 0.3 is 0 Å². The maximum Gasteiger partial charge on any atom is 0.223 e. The molecule has 4 rings (SSSR count). The maximum absolute atomic E-state index is 12.7. The topological polar surface area (TPSA) is 23.6 Å². The number of carbonyl (C=O) groups excluding carboxylic acids is 1. The van der Waals surface area contributed by atoms with Gasteiger partial charge in [0.15, 0.2) is 0 Å². The summed E-state index contributed by atoms with van der Waals surface area (Å²) >= 11 is 0. The van der Waals surface area contributed by atoms with Gasteiger partial charge in [0, 0.05) is 25.0 Å². The minimum Gasteiger partial charge on any atom is -0.338 e. The first-order valence-electron chi connectivity index (χ1n) is 10.1. The first-order valence-corrected chi connectivity index (χ1v) is 10.1. The van der Waals surface area contributed by atoms with Gasteiger partial charge in [0.05, 0.1) is 0 Å². The van der Waals surface area contributed by atoms with Crippen LogP contribution in [-0.2, 0) is 16.9 Å². The van der Waals surface area contributed by atoms with Crippen molar-refractivity contribution in [3.8, 4) is 0 Å². The molecule has 2 aromatic rings. The van der Waals surface area contributed by atoms with Crippen LogP contribution in [0.3, 0.4) is 0 Å². The smallest absolute Gasteiger partial charge is 0.223 e. The van der Waals surface area contributed by atoms with Crippen molar-refractivity contribution in [3.05, 3.63) is 71.8 Å². The molecule has 0 unspecified atom stereocenters. The van der Waals surface area contributed by atoms with Crippen LogP contribution in [0.4, 0.5) is 0 Å². The van der Waals surface area contributed by atoms with Crippen molar-refractivity contribution in [1.29, 1.82) is 0 Å². The van der Waals surface area contributed by atoms with Crippen LogP contribution in [0.25, 0.3) is 0 Å². The lowest BCUT2D eigenvalue weighted by atomic mass is 9.64. The average molecular weight is 363 g/mol. The van der Waals surface area contributed by atoms with Crippen LogP contribution >= 0.6 is 0 Å². The fraction of sp³-hybridized carbons (Fsp3) is 0.458. The summed E-state index contributed by atoms with van der Waals surface area (Å²) in [5.41, 5.74) is 2.91. The molecule has 142 valence electrons. The first kappa shape index (κ1) is 18.2. The Balaban J connectivity index is 1.49. The second-order valence-corrected chi connectivity index (χ2v) is 8.70. The van der Waals surface area contributed by atoms with Crippen LogP contribution in [0.2, 0.25) is 0 Å². The quantitative estimate of drug-likeness (QED) is 0.803. The average Bonchev–Trinajstić information content (AvgIpc) is 2.99. The summed E-state index contributed by atoms with van der Waals surface area (Å²) in [5, 5.41) is 0. The van der Waals surface area contributed by atoms with E-state index in [0.717, 1.165) is 45.2 Å². The molecule has 2 fully saturated rings. The SMILES string of the molecule is CN(C)C1(c2ccccc2)CCC2(CC1)CC(=O)N(Cc1ccccc1)C2. The van der Waals surface area contributed by atoms with E-state index in [9.17, 15) is 4.79 Å². The lowest BCUT2D eigenvalue weighted by Gasteiger charge is -2.48. The Morgan fingerprint density at radius 1 is 0.889 bits per heavy atom. The molecule has 0 radical (unpaired) electrons. The van der Waals surface area contributed by atoms with Crippen molar-refractivity contribution in [3.63, 3.8) is 0 Å². The van der Waals surface area contributed by atoms with Gasteiger partial charge in [0.25, 0.3) is 0 Å². The molecule has 2 aromatic carbocycles. The summed E-state index contributed by atoms with van der Waals surface area (Å²) in [5.74, 6) is 0.330. The number of nitrogens with zero attached hydrogens (tertiary/aromatic N) is 2. The minimum absolute atomic E-state index is 0.0996. The van der Waals surface area contributed by atoms with Gasteiger partial charge in [-0.25, -0.2) is 0 Å². The van der Waals surface area contributed by atoms with E-state index in [1.807, 2.05) is 6.07 Å². The van der Waals surface area contributed by atoms with Crippen LogP contribution in [-0.4, -0.2) is 36.3 Å². The Hall–Kier alpha value is -2.13. The lowest BCUT2D eigenvalue weighted by molar-refractivity contribution is -0.128. The summed E-state index contributed by atoms with van der Waals surface area (Å²) in [7, 11) is 4.40. The van der Waals surface area contributed by atoms with Crippen molar-refractivity contribution < 1.29 is 4.79 Å². The summed E-state index contributed by atoms with van der Waals surface area (Å²) in [6.45, 7) is 1.66. The van der Waals surface area contributed by atoms with Crippen LogP contribution < -0.4 is 0 Å². The molecule has 0 N–H and O–H groups in total. The van der Waals surface area contributed by atoms with Gasteiger partial charge in [-0.15, -0.1) is 0 Å². The van der Waals surface area contributed by atoms with Crippen molar-refractivity contribution in [2.75, 3.05) is 20.6 Å². The monoisotopic (exact) mass is 362 g/mol. The summed E-state index contributed by atoms with van der Waals surface area (Å²) in [6, 6.07) is 21.3. The van der Waals surface area contributed by atoms with Gasteiger partial charge in [-0.05, 0) is 56.3 Å². The first-order chi connectivity index (χ1) is 13.0. The van der Waals surface area contributed by atoms with E-state index in [-0.39, 0.29) is 11.0 Å². The van der Waals surface area contributed by atoms with E-state index in [1.165, 1.54) is 11.1 Å². The second-order valence-electron chi connectivity index (χ2n) is 8.70. The Kier molecular flexibility index (Phi) is 4.81. The molecular weight excluding hydrogens is 332 g/mol. The highest BCUT2D eigenvalue weighted by Crippen LogP contribution is 2.52. The van der Waals surface area contributed by atoms with Crippen molar-refractivity contribution in [2.45, 2.75) is 44.2 Å². The molecular formula is C24H30N2O. The van der Waals surface area contributed by atoms with Crippen LogP contribution in [0, 0.1) is 5.41 Å². The molecule has 1 amide bonds. The van der Waals surface area contributed by atoms with Gasteiger partial charge in [0.1, 0.15) is 0 Å². The van der Waals surface area contributed by atoms with Gasteiger partial charge < -0.3 is 4.90 Å². The number of likely N-dealkylation sites (tertiary alicyclic amines) is 1. The Bertz CT molecular complexity index is 777. The van der Waals surface area contributed by atoms with Crippen LogP contribution in [0.15, 0.2) is 60.7 Å². The highest BCUT2D eigenvalue weighted by Gasteiger charge is 2.50. The van der Waals surface area contributed by atoms with E-state index < -0.39 is 0 Å². The zero-order chi connectivity index (χ0) is 18.9. The maximum atomic E-state index is 12.7. The number of amides is 1. The number of carbonyl (C=O) groups is 1. The Morgan fingerprint density at radius 3 is 2.07 bits per heavy atom. The van der Waals surface area contributed by atoms with Crippen molar-refractivity contribution in [1.82, 2.24) is 9.80 Å². The third-order valence-corrected chi connectivity index (χ3v) is 6.93. The van der Waals surface area contributed by atoms with Gasteiger partial charge in [-0.1, -0.05) is 60.7 Å². The Labute approximate surface area is 163 Å². The number of rotatable bonds is 4. The van der Waals surface area contributed by atoms with E-state index >= 15 is 0 Å². The molecule has 1 saturated carbocycles. The summed E-state index contributed by atoms with van der Waals surface area (Å²) in [6.07, 6.45) is 5.21. The standard InChI is InChI=1S/C24H30N2O/c1-25(2)24(21-11-7-4-8-12-21)15-13-23(14-16-24)17-22(27)26(19-23)18-20-9-5-3-6-10-20/h3-12H,13-19H2,1-2H3. The third kappa shape index (κ3) is 3.41. The molecule has 1 aliphatic heterocycles. The second kappa shape index (κ2) is 7.12. The molecule has 2 aliphatic rings. The zero-order valence-electron chi connectivity index (χ0n) is 16.5. The molecule has 3 heteroatoms. The highest BCUT2D eigenvalue weighted by molar-refractivity contribution is 5.79. The molecule has 0 aromatic heterocycles. The minimum atomic E-state index is 0.0996. The van der Waals surface area contributed by atoms with Crippen LogP contribution in [0.5, 0.6) is 0 Å². The lowest BCUT2D eigenvalue weighted by Crippen LogP contribution is -2.47. The Morgan fingerprint density at radius 2 is 1.48 bits per heavy atom. The summed E-state index contributed by atoms with van der Waals surface area (Å²) in [4.78, 5) is 17.2. The number of benzene rings is 2. The molecule has 0 atom stereocenters. The largest absolute Gasteiger partial charge is 0.338 e. The van der Waals surface area contributed by atoms with Crippen molar-refractivity contribution >= 4 is 5.91 Å². The number of hydrogen-bond acceptors (Lipinski definition) is 2. The molecule has 3 nitrogen and oxygen atoms in total. The molecule has 1 aliphatic carbocycles.